The molecule has 2 amide bonds. The number of aromatic nitrogens is 2. The topological polar surface area (TPSA) is 80.5 Å². The van der Waals surface area contributed by atoms with Gasteiger partial charge in [0.25, 0.3) is 0 Å². The summed E-state index contributed by atoms with van der Waals surface area (Å²) in [7, 11) is 1.51. The lowest BCUT2D eigenvalue weighted by Gasteiger charge is -2.37. The quantitative estimate of drug-likeness (QED) is 0.941. The van der Waals surface area contributed by atoms with Gasteiger partial charge in [0.05, 0.1) is 25.6 Å². The number of methoxy groups -OCH3 is 1. The molecule has 3 heterocycles. The highest BCUT2D eigenvalue weighted by molar-refractivity contribution is 5.90. The van der Waals surface area contributed by atoms with Crippen LogP contribution in [-0.2, 0) is 0 Å². The number of ether oxygens (including phenoxy) is 1. The van der Waals surface area contributed by atoms with Crippen LogP contribution in [0.3, 0.4) is 0 Å². The van der Waals surface area contributed by atoms with Crippen LogP contribution >= 0.6 is 0 Å². The monoisotopic (exact) mass is 316 g/mol. The largest absolute Gasteiger partial charge is 0.479 e. The third kappa shape index (κ3) is 3.28. The minimum atomic E-state index is -0.202. The Morgan fingerprint density at radius 3 is 3.13 bits per heavy atom. The van der Waals surface area contributed by atoms with Gasteiger partial charge < -0.3 is 19.4 Å². The molecule has 2 atom stereocenters. The van der Waals surface area contributed by atoms with Crippen LogP contribution in [0.5, 0.6) is 5.88 Å². The molecule has 7 nitrogen and oxygen atoms in total. The summed E-state index contributed by atoms with van der Waals surface area (Å²) in [5.74, 6) is 1.69. The Morgan fingerprint density at radius 2 is 2.39 bits per heavy atom. The van der Waals surface area contributed by atoms with E-state index in [2.05, 4.69) is 22.2 Å². The van der Waals surface area contributed by atoms with Crippen molar-refractivity contribution in [2.45, 2.75) is 25.8 Å². The van der Waals surface area contributed by atoms with Crippen LogP contribution < -0.4 is 10.1 Å². The van der Waals surface area contributed by atoms with Crippen LogP contribution in [0.1, 0.15) is 31.6 Å². The van der Waals surface area contributed by atoms with Gasteiger partial charge >= 0.3 is 6.03 Å². The van der Waals surface area contributed by atoms with Crippen molar-refractivity contribution in [2.75, 3.05) is 19.0 Å². The van der Waals surface area contributed by atoms with Crippen LogP contribution in [0.2, 0.25) is 0 Å². The molecule has 3 rings (SSSR count). The molecule has 0 radical (unpaired) electrons. The number of nitrogens with one attached hydrogen (secondary N) is 1. The number of amides is 2. The van der Waals surface area contributed by atoms with E-state index in [1.54, 1.807) is 11.2 Å². The van der Waals surface area contributed by atoms with Crippen LogP contribution in [0.15, 0.2) is 35.3 Å². The Balaban J connectivity index is 1.79. The summed E-state index contributed by atoms with van der Waals surface area (Å²) >= 11 is 0. The number of carbonyl (C=O) groups is 1. The zero-order valence-corrected chi connectivity index (χ0v) is 13.2. The summed E-state index contributed by atoms with van der Waals surface area (Å²) in [5, 5.41) is 2.83. The first-order valence-electron chi connectivity index (χ1n) is 7.64. The number of hydrogen-bond acceptors (Lipinski definition) is 5. The molecule has 1 fully saturated rings. The summed E-state index contributed by atoms with van der Waals surface area (Å²) in [6.45, 7) is 2.87. The molecule has 122 valence electrons. The van der Waals surface area contributed by atoms with Crippen LogP contribution in [-0.4, -0.2) is 34.6 Å². The molecule has 1 N–H and O–H groups in total. The van der Waals surface area contributed by atoms with E-state index in [9.17, 15) is 4.79 Å². The van der Waals surface area contributed by atoms with Gasteiger partial charge in [-0.2, -0.15) is 4.98 Å². The predicted molar refractivity (Wildman–Crippen MR) is 84.2 cm³/mol. The highest BCUT2D eigenvalue weighted by atomic mass is 16.5. The second-order valence-electron chi connectivity index (χ2n) is 5.73. The number of carbonyl (C=O) groups excluding carboxylic acids is 1. The lowest BCUT2D eigenvalue weighted by Crippen LogP contribution is -2.42. The molecular formula is C16H20N4O3. The molecule has 1 aliphatic heterocycles. The minimum Gasteiger partial charge on any atom is -0.479 e. The summed E-state index contributed by atoms with van der Waals surface area (Å²) in [4.78, 5) is 22.4. The molecule has 2 aromatic heterocycles. The number of hydrogen-bond donors (Lipinski definition) is 1. The maximum absolute atomic E-state index is 12.7. The summed E-state index contributed by atoms with van der Waals surface area (Å²) in [6, 6.07) is 3.49. The van der Waals surface area contributed by atoms with Gasteiger partial charge in [0.1, 0.15) is 17.8 Å². The maximum atomic E-state index is 12.7. The smallest absolute Gasteiger partial charge is 0.322 e. The Bertz CT molecular complexity index is 659. The summed E-state index contributed by atoms with van der Waals surface area (Å²) in [6.07, 6.45) is 6.39. The number of urea groups is 1. The molecule has 23 heavy (non-hydrogen) atoms. The Labute approximate surface area is 134 Å². The number of furan rings is 1. The third-order valence-electron chi connectivity index (χ3n) is 4.11. The van der Waals surface area contributed by atoms with E-state index in [-0.39, 0.29) is 12.1 Å². The fourth-order valence-corrected chi connectivity index (χ4v) is 2.89. The van der Waals surface area contributed by atoms with Gasteiger partial charge in [-0.15, -0.1) is 0 Å². The van der Waals surface area contributed by atoms with E-state index in [1.165, 1.54) is 19.6 Å². The van der Waals surface area contributed by atoms with Crippen molar-refractivity contribution in [3.05, 3.63) is 36.7 Å². The molecule has 1 aliphatic rings. The lowest BCUT2D eigenvalue weighted by atomic mass is 9.91. The molecule has 0 spiro atoms. The van der Waals surface area contributed by atoms with E-state index in [4.69, 9.17) is 9.15 Å². The van der Waals surface area contributed by atoms with E-state index in [0.717, 1.165) is 18.6 Å². The molecule has 0 unspecified atom stereocenters. The van der Waals surface area contributed by atoms with Crippen LogP contribution in [0, 0.1) is 5.92 Å². The Hall–Kier alpha value is -2.57. The first kappa shape index (κ1) is 15.3. The Kier molecular flexibility index (Phi) is 4.45. The highest BCUT2D eigenvalue weighted by Gasteiger charge is 2.33. The average Bonchev–Trinajstić information content (AvgIpc) is 3.09. The zero-order chi connectivity index (χ0) is 16.2. The number of rotatable bonds is 3. The van der Waals surface area contributed by atoms with Crippen molar-refractivity contribution < 1.29 is 13.9 Å². The van der Waals surface area contributed by atoms with Crippen molar-refractivity contribution in [1.29, 1.82) is 0 Å². The standard InChI is InChI=1S/C16H20N4O3/c1-11-5-6-20(13(8-11)14-4-3-7-23-14)16(21)19-12-9-17-10-18-15(12)22-2/h3-4,7,9-11,13H,5-6,8H2,1-2H3,(H,19,21)/t11-,13+/m0/s1. The molecule has 0 aliphatic carbocycles. The first-order chi connectivity index (χ1) is 11.2. The van der Waals surface area contributed by atoms with Crippen molar-refractivity contribution in [3.8, 4) is 5.88 Å². The summed E-state index contributed by atoms with van der Waals surface area (Å²) in [5.41, 5.74) is 0.455. The lowest BCUT2D eigenvalue weighted by molar-refractivity contribution is 0.129. The van der Waals surface area contributed by atoms with Gasteiger partial charge in [-0.1, -0.05) is 6.92 Å². The molecule has 1 saturated heterocycles. The van der Waals surface area contributed by atoms with E-state index < -0.39 is 0 Å². The van der Waals surface area contributed by atoms with Gasteiger partial charge in [0.15, 0.2) is 0 Å². The van der Waals surface area contributed by atoms with Crippen molar-refractivity contribution >= 4 is 11.7 Å². The number of piperidine rings is 1. The van der Waals surface area contributed by atoms with Crippen LogP contribution in [0.25, 0.3) is 0 Å². The van der Waals surface area contributed by atoms with Crippen LogP contribution in [0.4, 0.5) is 10.5 Å². The second-order valence-corrected chi connectivity index (χ2v) is 5.73. The van der Waals surface area contributed by atoms with Crippen molar-refractivity contribution in [2.24, 2.45) is 5.92 Å². The predicted octanol–water partition coefficient (Wildman–Crippen LogP) is 3.08. The van der Waals surface area contributed by atoms with E-state index >= 15 is 0 Å². The van der Waals surface area contributed by atoms with Crippen molar-refractivity contribution in [1.82, 2.24) is 14.9 Å². The molecule has 0 bridgehead atoms. The van der Waals surface area contributed by atoms with Gasteiger partial charge in [-0.3, -0.25) is 0 Å². The number of nitrogens with zero attached hydrogens (tertiary/aromatic N) is 3. The van der Waals surface area contributed by atoms with Gasteiger partial charge in [-0.05, 0) is 30.9 Å². The normalized spacial score (nSPS) is 21.0. The third-order valence-corrected chi connectivity index (χ3v) is 4.11. The molecule has 0 saturated carbocycles. The van der Waals surface area contributed by atoms with E-state index in [1.807, 2.05) is 12.1 Å². The minimum absolute atomic E-state index is 0.0654. The highest BCUT2D eigenvalue weighted by Crippen LogP contribution is 2.35. The number of anilines is 1. The van der Waals surface area contributed by atoms with Crippen molar-refractivity contribution in [3.63, 3.8) is 0 Å². The summed E-state index contributed by atoms with van der Waals surface area (Å²) < 4.78 is 10.7. The fourth-order valence-electron chi connectivity index (χ4n) is 2.89. The number of likely N-dealkylation sites (tertiary alicyclic amines) is 1. The maximum Gasteiger partial charge on any atom is 0.322 e. The van der Waals surface area contributed by atoms with Gasteiger partial charge in [0.2, 0.25) is 5.88 Å². The molecule has 2 aromatic rings. The fraction of sp³-hybridized carbons (Fsp3) is 0.438. The molecule has 0 aromatic carbocycles. The molecular weight excluding hydrogens is 296 g/mol. The van der Waals surface area contributed by atoms with Gasteiger partial charge in [0, 0.05) is 6.54 Å². The molecule has 7 heteroatoms. The average molecular weight is 316 g/mol. The zero-order valence-electron chi connectivity index (χ0n) is 13.2. The van der Waals surface area contributed by atoms with Gasteiger partial charge in [-0.25, -0.2) is 9.78 Å². The second kappa shape index (κ2) is 6.68. The SMILES string of the molecule is COc1ncncc1NC(=O)N1CC[C@H](C)C[C@@H]1c1ccco1. The first-order valence-corrected chi connectivity index (χ1v) is 7.64. The van der Waals surface area contributed by atoms with E-state index in [0.29, 0.717) is 24.0 Å². The Morgan fingerprint density at radius 1 is 1.52 bits per heavy atom.